The van der Waals surface area contributed by atoms with Crippen LogP contribution in [0.4, 0.5) is 0 Å². The van der Waals surface area contributed by atoms with Crippen molar-refractivity contribution in [3.8, 4) is 11.5 Å². The SMILES string of the molecule is COC(Cn1ccc(=O)c2cc(Oc3ccccc3)ccc21)C1CCOC1. The summed E-state index contributed by atoms with van der Waals surface area (Å²) in [6, 6.07) is 16.8. The van der Waals surface area contributed by atoms with Gasteiger partial charge < -0.3 is 18.8 Å². The summed E-state index contributed by atoms with van der Waals surface area (Å²) in [5.74, 6) is 1.77. The van der Waals surface area contributed by atoms with Gasteiger partial charge in [0.2, 0.25) is 0 Å². The van der Waals surface area contributed by atoms with Crippen LogP contribution in [0.15, 0.2) is 65.6 Å². The van der Waals surface area contributed by atoms with Crippen molar-refractivity contribution in [1.29, 1.82) is 0 Å². The van der Waals surface area contributed by atoms with Gasteiger partial charge in [0.1, 0.15) is 11.5 Å². The monoisotopic (exact) mass is 365 g/mol. The number of rotatable bonds is 6. The maximum absolute atomic E-state index is 12.4. The Morgan fingerprint density at radius 3 is 2.74 bits per heavy atom. The number of para-hydroxylation sites is 1. The fourth-order valence-electron chi connectivity index (χ4n) is 3.59. The first-order valence-electron chi connectivity index (χ1n) is 9.21. The topological polar surface area (TPSA) is 49.7 Å². The zero-order valence-electron chi connectivity index (χ0n) is 15.3. The number of methoxy groups -OCH3 is 1. The molecule has 5 nitrogen and oxygen atoms in total. The summed E-state index contributed by atoms with van der Waals surface area (Å²) in [6.45, 7) is 2.20. The van der Waals surface area contributed by atoms with E-state index in [9.17, 15) is 4.79 Å². The first-order chi connectivity index (χ1) is 13.2. The summed E-state index contributed by atoms with van der Waals surface area (Å²) in [6.07, 6.45) is 2.90. The van der Waals surface area contributed by atoms with Crippen LogP contribution in [0.2, 0.25) is 0 Å². The number of ether oxygens (including phenoxy) is 3. The molecular weight excluding hydrogens is 342 g/mol. The Bertz CT molecular complexity index is 961. The van der Waals surface area contributed by atoms with Gasteiger partial charge in [0.05, 0.1) is 18.2 Å². The summed E-state index contributed by atoms with van der Waals surface area (Å²) in [7, 11) is 1.74. The molecule has 1 aliphatic heterocycles. The van der Waals surface area contributed by atoms with Crippen LogP contribution in [-0.4, -0.2) is 31.0 Å². The summed E-state index contributed by atoms with van der Waals surface area (Å²) < 4.78 is 19.2. The number of nitrogens with zero attached hydrogens (tertiary/aromatic N) is 1. The van der Waals surface area contributed by atoms with Crippen molar-refractivity contribution in [3.63, 3.8) is 0 Å². The summed E-state index contributed by atoms with van der Waals surface area (Å²) in [5.41, 5.74) is 0.863. The Labute approximate surface area is 158 Å². The summed E-state index contributed by atoms with van der Waals surface area (Å²) in [4.78, 5) is 12.4. The molecule has 0 N–H and O–H groups in total. The largest absolute Gasteiger partial charge is 0.457 e. The van der Waals surface area contributed by atoms with Gasteiger partial charge in [-0.3, -0.25) is 4.79 Å². The average Bonchev–Trinajstić information content (AvgIpc) is 3.23. The molecule has 27 heavy (non-hydrogen) atoms. The van der Waals surface area contributed by atoms with E-state index in [1.807, 2.05) is 54.7 Å². The molecule has 3 aromatic rings. The number of pyridine rings is 1. The number of fused-ring (bicyclic) bond motifs is 1. The minimum atomic E-state index is -0.0158. The molecular formula is C22H23NO4. The van der Waals surface area contributed by atoms with Crippen LogP contribution in [0.25, 0.3) is 10.9 Å². The van der Waals surface area contributed by atoms with Crippen LogP contribution in [0.1, 0.15) is 6.42 Å². The normalized spacial score (nSPS) is 17.9. The van der Waals surface area contributed by atoms with Crippen molar-refractivity contribution < 1.29 is 14.2 Å². The fourth-order valence-corrected chi connectivity index (χ4v) is 3.59. The molecule has 1 aliphatic rings. The minimum absolute atomic E-state index is 0.0158. The Hall–Kier alpha value is -2.63. The van der Waals surface area contributed by atoms with Gasteiger partial charge in [-0.2, -0.15) is 0 Å². The number of hydrogen-bond donors (Lipinski definition) is 0. The van der Waals surface area contributed by atoms with Crippen LogP contribution >= 0.6 is 0 Å². The lowest BCUT2D eigenvalue weighted by molar-refractivity contribution is 0.0338. The van der Waals surface area contributed by atoms with Gasteiger partial charge in [-0.1, -0.05) is 18.2 Å². The van der Waals surface area contributed by atoms with E-state index in [0.717, 1.165) is 30.9 Å². The molecule has 2 unspecified atom stereocenters. The Morgan fingerprint density at radius 1 is 1.15 bits per heavy atom. The third kappa shape index (κ3) is 3.89. The lowest BCUT2D eigenvalue weighted by atomic mass is 10.0. The van der Waals surface area contributed by atoms with Crippen LogP contribution in [0.3, 0.4) is 0 Å². The average molecular weight is 365 g/mol. The van der Waals surface area contributed by atoms with Gasteiger partial charge in [-0.25, -0.2) is 0 Å². The molecule has 0 spiro atoms. The molecule has 1 fully saturated rings. The Kier molecular flexibility index (Phi) is 5.23. The van der Waals surface area contributed by atoms with E-state index in [1.165, 1.54) is 0 Å². The molecule has 2 atom stereocenters. The zero-order chi connectivity index (χ0) is 18.6. The van der Waals surface area contributed by atoms with E-state index < -0.39 is 0 Å². The maximum atomic E-state index is 12.4. The summed E-state index contributed by atoms with van der Waals surface area (Å²) >= 11 is 0. The van der Waals surface area contributed by atoms with E-state index >= 15 is 0 Å². The molecule has 0 bridgehead atoms. The third-order valence-corrected chi connectivity index (χ3v) is 5.10. The highest BCUT2D eigenvalue weighted by Crippen LogP contribution is 2.25. The first kappa shape index (κ1) is 17.8. The summed E-state index contributed by atoms with van der Waals surface area (Å²) in [5, 5.41) is 0.642. The molecule has 2 heterocycles. The van der Waals surface area contributed by atoms with Crippen LogP contribution in [-0.2, 0) is 16.0 Å². The highest BCUT2D eigenvalue weighted by molar-refractivity contribution is 5.80. The Morgan fingerprint density at radius 2 is 2.00 bits per heavy atom. The number of hydrogen-bond acceptors (Lipinski definition) is 4. The molecule has 0 aliphatic carbocycles. The van der Waals surface area contributed by atoms with Crippen LogP contribution in [0, 0.1) is 5.92 Å². The predicted molar refractivity (Wildman–Crippen MR) is 104 cm³/mol. The van der Waals surface area contributed by atoms with Gasteiger partial charge in [-0.05, 0) is 36.8 Å². The van der Waals surface area contributed by atoms with Crippen molar-refractivity contribution >= 4 is 10.9 Å². The second kappa shape index (κ2) is 7.94. The second-order valence-corrected chi connectivity index (χ2v) is 6.82. The van der Waals surface area contributed by atoms with E-state index in [4.69, 9.17) is 14.2 Å². The van der Waals surface area contributed by atoms with Gasteiger partial charge in [-0.15, -0.1) is 0 Å². The number of benzene rings is 2. The molecule has 0 amide bonds. The van der Waals surface area contributed by atoms with Gasteiger partial charge >= 0.3 is 0 Å². The lowest BCUT2D eigenvalue weighted by Crippen LogP contribution is -2.29. The quantitative estimate of drug-likeness (QED) is 0.666. The van der Waals surface area contributed by atoms with Crippen molar-refractivity contribution in [2.24, 2.45) is 5.92 Å². The maximum Gasteiger partial charge on any atom is 0.189 e. The van der Waals surface area contributed by atoms with E-state index in [1.54, 1.807) is 13.2 Å². The molecule has 0 radical (unpaired) electrons. The van der Waals surface area contributed by atoms with E-state index in [0.29, 0.717) is 23.6 Å². The van der Waals surface area contributed by atoms with Gasteiger partial charge in [0.15, 0.2) is 5.43 Å². The lowest BCUT2D eigenvalue weighted by Gasteiger charge is -2.23. The molecule has 0 saturated carbocycles. The first-order valence-corrected chi connectivity index (χ1v) is 9.21. The van der Waals surface area contributed by atoms with Crippen molar-refractivity contribution in [2.75, 3.05) is 20.3 Å². The minimum Gasteiger partial charge on any atom is -0.457 e. The molecule has 4 rings (SSSR count). The number of aromatic nitrogens is 1. The second-order valence-electron chi connectivity index (χ2n) is 6.82. The smallest absolute Gasteiger partial charge is 0.189 e. The van der Waals surface area contributed by atoms with Gasteiger partial charge in [0, 0.05) is 43.8 Å². The Balaban J connectivity index is 1.64. The highest BCUT2D eigenvalue weighted by atomic mass is 16.5. The van der Waals surface area contributed by atoms with E-state index in [-0.39, 0.29) is 11.5 Å². The van der Waals surface area contributed by atoms with Gasteiger partial charge in [0.25, 0.3) is 0 Å². The van der Waals surface area contributed by atoms with Crippen molar-refractivity contribution in [1.82, 2.24) is 4.57 Å². The molecule has 1 saturated heterocycles. The van der Waals surface area contributed by atoms with Crippen LogP contribution in [0.5, 0.6) is 11.5 Å². The molecule has 5 heteroatoms. The zero-order valence-corrected chi connectivity index (χ0v) is 15.3. The van der Waals surface area contributed by atoms with Crippen molar-refractivity contribution in [2.45, 2.75) is 19.1 Å². The fraction of sp³-hybridized carbons (Fsp3) is 0.318. The van der Waals surface area contributed by atoms with E-state index in [2.05, 4.69) is 4.57 Å². The third-order valence-electron chi connectivity index (χ3n) is 5.10. The molecule has 140 valence electrons. The molecule has 2 aromatic carbocycles. The molecule has 1 aromatic heterocycles. The highest BCUT2D eigenvalue weighted by Gasteiger charge is 2.26. The van der Waals surface area contributed by atoms with Crippen LogP contribution < -0.4 is 10.2 Å². The predicted octanol–water partition coefficient (Wildman–Crippen LogP) is 3.85. The van der Waals surface area contributed by atoms with Crippen molar-refractivity contribution in [3.05, 3.63) is 71.0 Å². The standard InChI is InChI=1S/C22H23NO4/c1-25-22(16-10-12-26-15-16)14-23-11-9-21(24)19-13-18(7-8-20(19)23)27-17-5-3-2-4-6-17/h2-9,11,13,16,22H,10,12,14-15H2,1H3.